The Morgan fingerprint density at radius 2 is 2.15 bits per heavy atom. The molecule has 0 bridgehead atoms. The number of hydrogen-bond acceptors (Lipinski definition) is 4. The second-order valence-corrected chi connectivity index (χ2v) is 5.21. The van der Waals surface area contributed by atoms with Gasteiger partial charge in [0.25, 0.3) is 0 Å². The van der Waals surface area contributed by atoms with Gasteiger partial charge in [0.2, 0.25) is 0 Å². The lowest BCUT2D eigenvalue weighted by Crippen LogP contribution is -2.43. The van der Waals surface area contributed by atoms with E-state index >= 15 is 0 Å². The zero-order valence-corrected chi connectivity index (χ0v) is 11.9. The SMILES string of the molecule is C[C@H](N)C1=Nc2c(Cl)cccc2CN1c1cccnc1. The van der Waals surface area contributed by atoms with E-state index in [0.717, 1.165) is 22.8 Å². The maximum absolute atomic E-state index is 6.23. The number of para-hydroxylation sites is 1. The lowest BCUT2D eigenvalue weighted by Gasteiger charge is -2.32. The molecule has 1 aliphatic heterocycles. The average molecular weight is 287 g/mol. The van der Waals surface area contributed by atoms with Gasteiger partial charge in [-0.25, -0.2) is 4.99 Å². The number of nitrogens with zero attached hydrogens (tertiary/aromatic N) is 3. The summed E-state index contributed by atoms with van der Waals surface area (Å²) in [6, 6.07) is 9.55. The van der Waals surface area contributed by atoms with Gasteiger partial charge in [0.1, 0.15) is 5.84 Å². The third kappa shape index (κ3) is 2.28. The number of anilines is 1. The number of aliphatic imine (C=N–C) groups is 1. The smallest absolute Gasteiger partial charge is 0.126 e. The van der Waals surface area contributed by atoms with Crippen LogP contribution in [0.25, 0.3) is 0 Å². The Balaban J connectivity index is 2.11. The molecule has 20 heavy (non-hydrogen) atoms. The molecule has 3 rings (SSSR count). The van der Waals surface area contributed by atoms with Crippen LogP contribution in [0.5, 0.6) is 0 Å². The number of benzene rings is 1. The topological polar surface area (TPSA) is 54.5 Å². The lowest BCUT2D eigenvalue weighted by atomic mass is 10.1. The Morgan fingerprint density at radius 3 is 2.85 bits per heavy atom. The molecule has 2 heterocycles. The Labute approximate surface area is 122 Å². The van der Waals surface area contributed by atoms with Crippen molar-refractivity contribution in [3.63, 3.8) is 0 Å². The highest BCUT2D eigenvalue weighted by Crippen LogP contribution is 2.35. The Kier molecular flexibility index (Phi) is 3.42. The fourth-order valence-electron chi connectivity index (χ4n) is 2.32. The normalized spacial score (nSPS) is 15.6. The molecule has 0 amide bonds. The molecular weight excluding hydrogens is 272 g/mol. The molecule has 0 unspecified atom stereocenters. The number of aromatic nitrogens is 1. The molecular formula is C15H15ClN4. The highest BCUT2D eigenvalue weighted by molar-refractivity contribution is 6.33. The molecule has 2 aromatic rings. The minimum absolute atomic E-state index is 0.181. The standard InChI is InChI=1S/C15H15ClN4/c1-10(17)15-19-14-11(4-2-6-13(14)16)9-20(15)12-5-3-7-18-8-12/h2-8,10H,9,17H2,1H3/t10-/m0/s1. The zero-order chi connectivity index (χ0) is 14.1. The first-order valence-corrected chi connectivity index (χ1v) is 6.83. The summed E-state index contributed by atoms with van der Waals surface area (Å²) in [6.07, 6.45) is 3.56. The van der Waals surface area contributed by atoms with Crippen LogP contribution in [0.1, 0.15) is 12.5 Å². The molecule has 4 nitrogen and oxygen atoms in total. The zero-order valence-electron chi connectivity index (χ0n) is 11.1. The number of rotatable bonds is 2. The fourth-order valence-corrected chi connectivity index (χ4v) is 2.56. The molecule has 2 N–H and O–H groups in total. The van der Waals surface area contributed by atoms with E-state index in [1.165, 1.54) is 0 Å². The van der Waals surface area contributed by atoms with Crippen LogP contribution < -0.4 is 10.6 Å². The summed E-state index contributed by atoms with van der Waals surface area (Å²) in [5.74, 6) is 0.804. The van der Waals surface area contributed by atoms with Crippen molar-refractivity contribution in [2.45, 2.75) is 19.5 Å². The van der Waals surface area contributed by atoms with E-state index in [1.54, 1.807) is 6.20 Å². The van der Waals surface area contributed by atoms with Gasteiger partial charge in [-0.05, 0) is 30.7 Å². The fraction of sp³-hybridized carbons (Fsp3) is 0.200. The van der Waals surface area contributed by atoms with E-state index in [4.69, 9.17) is 17.3 Å². The number of nitrogens with two attached hydrogens (primary N) is 1. The highest BCUT2D eigenvalue weighted by atomic mass is 35.5. The summed E-state index contributed by atoms with van der Waals surface area (Å²) in [5.41, 5.74) is 8.96. The van der Waals surface area contributed by atoms with Crippen molar-refractivity contribution in [1.82, 2.24) is 4.98 Å². The predicted octanol–water partition coefficient (Wildman–Crippen LogP) is 3.13. The predicted molar refractivity (Wildman–Crippen MR) is 82.6 cm³/mol. The largest absolute Gasteiger partial charge is 0.323 e. The molecule has 1 atom stereocenters. The van der Waals surface area contributed by atoms with Gasteiger partial charge in [-0.3, -0.25) is 4.98 Å². The molecule has 1 aromatic carbocycles. The van der Waals surface area contributed by atoms with Crippen LogP contribution in [0.4, 0.5) is 11.4 Å². The molecule has 1 aromatic heterocycles. The van der Waals surface area contributed by atoms with Crippen LogP contribution in [-0.2, 0) is 6.54 Å². The summed E-state index contributed by atoms with van der Waals surface area (Å²) in [4.78, 5) is 10.9. The van der Waals surface area contributed by atoms with Gasteiger partial charge in [0, 0.05) is 6.20 Å². The molecule has 1 aliphatic rings. The van der Waals surface area contributed by atoms with Gasteiger partial charge in [0.05, 0.1) is 35.2 Å². The summed E-state index contributed by atoms with van der Waals surface area (Å²) in [6.45, 7) is 2.62. The molecule has 102 valence electrons. The lowest BCUT2D eigenvalue weighted by molar-refractivity contribution is 0.876. The number of pyridine rings is 1. The minimum atomic E-state index is -0.181. The van der Waals surface area contributed by atoms with Gasteiger partial charge >= 0.3 is 0 Å². The summed E-state index contributed by atoms with van der Waals surface area (Å²) in [7, 11) is 0. The van der Waals surface area contributed by atoms with Crippen molar-refractivity contribution in [3.8, 4) is 0 Å². The summed E-state index contributed by atoms with van der Waals surface area (Å²) >= 11 is 6.23. The van der Waals surface area contributed by atoms with Crippen LogP contribution in [0, 0.1) is 0 Å². The molecule has 0 saturated carbocycles. The van der Waals surface area contributed by atoms with Crippen molar-refractivity contribution >= 4 is 28.8 Å². The number of halogens is 1. The summed E-state index contributed by atoms with van der Waals surface area (Å²) in [5, 5.41) is 0.659. The Hall–Kier alpha value is -1.91. The van der Waals surface area contributed by atoms with Crippen molar-refractivity contribution in [2.24, 2.45) is 10.7 Å². The van der Waals surface area contributed by atoms with Crippen molar-refractivity contribution in [2.75, 3.05) is 4.90 Å². The third-order valence-corrected chi connectivity index (χ3v) is 3.57. The number of hydrogen-bond donors (Lipinski definition) is 1. The van der Waals surface area contributed by atoms with E-state index in [0.29, 0.717) is 11.6 Å². The van der Waals surface area contributed by atoms with Crippen LogP contribution in [0.2, 0.25) is 5.02 Å². The first kappa shape index (κ1) is 13.1. The maximum atomic E-state index is 6.23. The minimum Gasteiger partial charge on any atom is -0.323 e. The Morgan fingerprint density at radius 1 is 1.30 bits per heavy atom. The molecule has 0 spiro atoms. The van der Waals surface area contributed by atoms with Crippen LogP contribution in [-0.4, -0.2) is 16.9 Å². The quantitative estimate of drug-likeness (QED) is 0.923. The first-order chi connectivity index (χ1) is 9.66. The highest BCUT2D eigenvalue weighted by Gasteiger charge is 2.24. The van der Waals surface area contributed by atoms with Gasteiger partial charge in [-0.1, -0.05) is 23.7 Å². The van der Waals surface area contributed by atoms with Gasteiger partial charge in [-0.2, -0.15) is 0 Å². The van der Waals surface area contributed by atoms with Crippen molar-refractivity contribution in [3.05, 3.63) is 53.3 Å². The van der Waals surface area contributed by atoms with E-state index in [9.17, 15) is 0 Å². The van der Waals surface area contributed by atoms with Gasteiger partial charge < -0.3 is 10.6 Å². The van der Waals surface area contributed by atoms with Crippen LogP contribution in [0.3, 0.4) is 0 Å². The molecule has 5 heteroatoms. The monoisotopic (exact) mass is 286 g/mol. The van der Waals surface area contributed by atoms with E-state index in [2.05, 4.69) is 14.9 Å². The molecule has 0 aliphatic carbocycles. The van der Waals surface area contributed by atoms with E-state index in [1.807, 2.05) is 43.5 Å². The van der Waals surface area contributed by atoms with Crippen molar-refractivity contribution in [1.29, 1.82) is 0 Å². The number of amidine groups is 1. The van der Waals surface area contributed by atoms with Gasteiger partial charge in [-0.15, -0.1) is 0 Å². The van der Waals surface area contributed by atoms with E-state index in [-0.39, 0.29) is 6.04 Å². The molecule has 0 radical (unpaired) electrons. The molecule has 0 saturated heterocycles. The second kappa shape index (κ2) is 5.23. The van der Waals surface area contributed by atoms with Crippen molar-refractivity contribution < 1.29 is 0 Å². The average Bonchev–Trinajstić information content (AvgIpc) is 2.47. The maximum Gasteiger partial charge on any atom is 0.126 e. The van der Waals surface area contributed by atoms with Gasteiger partial charge in [0.15, 0.2) is 0 Å². The van der Waals surface area contributed by atoms with Crippen LogP contribution >= 0.6 is 11.6 Å². The Bertz CT molecular complexity index is 652. The first-order valence-electron chi connectivity index (χ1n) is 6.46. The summed E-state index contributed by atoms with van der Waals surface area (Å²) < 4.78 is 0. The second-order valence-electron chi connectivity index (χ2n) is 4.80. The molecule has 0 fully saturated rings. The number of fused-ring (bicyclic) bond motifs is 1. The third-order valence-electron chi connectivity index (χ3n) is 3.27. The van der Waals surface area contributed by atoms with E-state index < -0.39 is 0 Å². The van der Waals surface area contributed by atoms with Crippen LogP contribution in [0.15, 0.2) is 47.7 Å².